The number of H-pyrrole nitrogens is 1. The van der Waals surface area contributed by atoms with Gasteiger partial charge in [0.25, 0.3) is 5.91 Å². The van der Waals surface area contributed by atoms with E-state index in [1.54, 1.807) is 48.5 Å². The lowest BCUT2D eigenvalue weighted by molar-refractivity contribution is -0.122. The molecule has 40 heavy (non-hydrogen) atoms. The summed E-state index contributed by atoms with van der Waals surface area (Å²) < 4.78 is 19.8. The SMILES string of the molecule is O=C(COc1ccc(Br)cc1[C@@H]1c2sc(=O)[nH]c2S[C@H]2C(=O)N(c3ccccc3)C(=O)[C@@H]12)Nc1ccc(F)cc1. The van der Waals surface area contributed by atoms with Crippen LogP contribution in [0.4, 0.5) is 15.8 Å². The number of rotatable bonds is 6. The van der Waals surface area contributed by atoms with Crippen molar-refractivity contribution in [2.24, 2.45) is 5.92 Å². The maximum absolute atomic E-state index is 13.9. The van der Waals surface area contributed by atoms with Crippen LogP contribution in [0, 0.1) is 11.7 Å². The quantitative estimate of drug-likeness (QED) is 0.283. The lowest BCUT2D eigenvalue weighted by atomic mass is 9.82. The topological polar surface area (TPSA) is 109 Å². The number of hydrogen-bond acceptors (Lipinski definition) is 7. The summed E-state index contributed by atoms with van der Waals surface area (Å²) in [6.07, 6.45) is 0. The summed E-state index contributed by atoms with van der Waals surface area (Å²) in [5.74, 6) is -2.76. The molecular formula is C28H19BrFN3O5S2. The van der Waals surface area contributed by atoms with Crippen molar-refractivity contribution in [3.05, 3.63) is 103 Å². The van der Waals surface area contributed by atoms with Gasteiger partial charge in [0.15, 0.2) is 6.61 Å². The Labute approximate surface area is 243 Å². The number of benzene rings is 3. The van der Waals surface area contributed by atoms with Gasteiger partial charge in [0.05, 0.1) is 16.6 Å². The highest BCUT2D eigenvalue weighted by Gasteiger charge is 2.56. The zero-order chi connectivity index (χ0) is 28.0. The number of aromatic amines is 1. The van der Waals surface area contributed by atoms with Crippen molar-refractivity contribution in [1.82, 2.24) is 4.98 Å². The molecule has 2 N–H and O–H groups in total. The van der Waals surface area contributed by atoms with E-state index in [2.05, 4.69) is 26.2 Å². The van der Waals surface area contributed by atoms with E-state index in [0.717, 1.165) is 11.3 Å². The first-order chi connectivity index (χ1) is 19.3. The number of thiazole rings is 1. The molecule has 8 nitrogen and oxygen atoms in total. The van der Waals surface area contributed by atoms with Gasteiger partial charge in [-0.1, -0.05) is 57.2 Å². The summed E-state index contributed by atoms with van der Waals surface area (Å²) in [4.78, 5) is 56.9. The predicted molar refractivity (Wildman–Crippen MR) is 154 cm³/mol. The van der Waals surface area contributed by atoms with E-state index in [9.17, 15) is 23.6 Å². The number of carbonyl (C=O) groups excluding carboxylic acids is 3. The van der Waals surface area contributed by atoms with Crippen molar-refractivity contribution in [2.75, 3.05) is 16.8 Å². The lowest BCUT2D eigenvalue weighted by Gasteiger charge is -2.31. The number of carbonyl (C=O) groups is 3. The maximum Gasteiger partial charge on any atom is 0.305 e. The minimum Gasteiger partial charge on any atom is -0.483 e. The van der Waals surface area contributed by atoms with E-state index in [4.69, 9.17) is 4.74 Å². The van der Waals surface area contributed by atoms with Gasteiger partial charge in [-0.2, -0.15) is 0 Å². The monoisotopic (exact) mass is 639 g/mol. The third kappa shape index (κ3) is 4.87. The fourth-order valence-corrected chi connectivity index (χ4v) is 7.84. The summed E-state index contributed by atoms with van der Waals surface area (Å²) >= 11 is 5.66. The molecule has 0 aliphatic carbocycles. The molecule has 2 aliphatic heterocycles. The van der Waals surface area contributed by atoms with Gasteiger partial charge < -0.3 is 15.0 Å². The summed E-state index contributed by atoms with van der Waals surface area (Å²) in [6.45, 7) is -0.360. The first kappa shape index (κ1) is 26.5. The Morgan fingerprint density at radius 2 is 1.77 bits per heavy atom. The van der Waals surface area contributed by atoms with Crippen LogP contribution in [0.3, 0.4) is 0 Å². The molecular weight excluding hydrogens is 621 g/mol. The van der Waals surface area contributed by atoms with Crippen LogP contribution >= 0.6 is 39.0 Å². The third-order valence-corrected chi connectivity index (χ3v) is 9.53. The Bertz CT molecular complexity index is 1690. The van der Waals surface area contributed by atoms with Crippen LogP contribution in [0.2, 0.25) is 0 Å². The van der Waals surface area contributed by atoms with Gasteiger partial charge in [-0.05, 0) is 54.6 Å². The standard InChI is InChI=1S/C28H19BrFN3O5S2/c29-14-6-11-19(38-13-20(34)31-16-9-7-15(30)8-10-16)18(12-14)21-22-24(39-25-23(21)40-28(37)32-25)27(36)33(26(22)35)17-4-2-1-3-5-17/h1-12,21-22,24H,13H2,(H,31,34)(H,32,37)/t21-,22-,24+/m0/s1. The van der Waals surface area contributed by atoms with Gasteiger partial charge >= 0.3 is 4.87 Å². The number of nitrogens with zero attached hydrogens (tertiary/aromatic N) is 1. The molecule has 202 valence electrons. The molecule has 6 rings (SSSR count). The second-order valence-corrected chi connectivity index (χ2v) is 12.2. The fourth-order valence-electron chi connectivity index (χ4n) is 4.95. The molecule has 1 saturated heterocycles. The highest BCUT2D eigenvalue weighted by Crippen LogP contribution is 2.54. The largest absolute Gasteiger partial charge is 0.483 e. The van der Waals surface area contributed by atoms with E-state index in [1.807, 2.05) is 0 Å². The molecule has 3 aromatic carbocycles. The molecule has 4 aromatic rings. The molecule has 0 unspecified atom stereocenters. The lowest BCUT2D eigenvalue weighted by Crippen LogP contribution is -2.32. The number of aromatic nitrogens is 1. The van der Waals surface area contributed by atoms with Crippen molar-refractivity contribution in [3.8, 4) is 5.75 Å². The zero-order valence-electron chi connectivity index (χ0n) is 20.4. The van der Waals surface area contributed by atoms with Crippen LogP contribution in [0.5, 0.6) is 5.75 Å². The first-order valence-electron chi connectivity index (χ1n) is 12.1. The highest BCUT2D eigenvalue weighted by atomic mass is 79.9. The number of imide groups is 1. The van der Waals surface area contributed by atoms with Crippen molar-refractivity contribution >= 4 is 68.1 Å². The second kappa shape index (κ2) is 10.7. The van der Waals surface area contributed by atoms with E-state index in [-0.39, 0.29) is 23.3 Å². The van der Waals surface area contributed by atoms with Crippen LogP contribution in [-0.4, -0.2) is 34.6 Å². The summed E-state index contributed by atoms with van der Waals surface area (Å²) in [6, 6.07) is 19.3. The number of fused-ring (bicyclic) bond motifs is 2. The van der Waals surface area contributed by atoms with E-state index in [0.29, 0.717) is 37.1 Å². The van der Waals surface area contributed by atoms with Gasteiger partial charge in [-0.15, -0.1) is 0 Å². The van der Waals surface area contributed by atoms with E-state index >= 15 is 0 Å². The highest BCUT2D eigenvalue weighted by molar-refractivity contribution is 9.10. The molecule has 0 bridgehead atoms. The van der Waals surface area contributed by atoms with Crippen molar-refractivity contribution in [3.63, 3.8) is 0 Å². The molecule has 12 heteroatoms. The number of halogens is 2. The number of ether oxygens (including phenoxy) is 1. The minimum atomic E-state index is -0.804. The first-order valence-corrected chi connectivity index (χ1v) is 14.6. The molecule has 0 saturated carbocycles. The van der Waals surface area contributed by atoms with Gasteiger partial charge in [0.1, 0.15) is 16.8 Å². The van der Waals surface area contributed by atoms with Gasteiger partial charge in [-0.3, -0.25) is 19.2 Å². The van der Waals surface area contributed by atoms with Crippen LogP contribution in [-0.2, 0) is 14.4 Å². The number of amides is 3. The summed E-state index contributed by atoms with van der Waals surface area (Å²) in [5.41, 5.74) is 1.45. The second-order valence-electron chi connectivity index (χ2n) is 9.12. The Hall–Kier alpha value is -3.74. The average molecular weight is 641 g/mol. The maximum atomic E-state index is 13.9. The summed E-state index contributed by atoms with van der Waals surface area (Å²) in [5, 5.41) is 2.43. The molecule has 3 atom stereocenters. The van der Waals surface area contributed by atoms with Crippen LogP contribution in [0.15, 0.2) is 87.1 Å². The van der Waals surface area contributed by atoms with Gasteiger partial charge in [0, 0.05) is 26.5 Å². The number of anilines is 2. The van der Waals surface area contributed by atoms with Crippen LogP contribution in [0.1, 0.15) is 16.4 Å². The normalized spacial score (nSPS) is 19.8. The Morgan fingerprint density at radius 1 is 1.02 bits per heavy atom. The predicted octanol–water partition coefficient (Wildman–Crippen LogP) is 5.15. The molecule has 0 spiro atoms. The minimum absolute atomic E-state index is 0.293. The third-order valence-electron chi connectivity index (χ3n) is 6.63. The average Bonchev–Trinajstić information content (AvgIpc) is 3.43. The van der Waals surface area contributed by atoms with Crippen LogP contribution < -0.4 is 19.8 Å². The number of nitrogens with one attached hydrogen (secondary N) is 2. The van der Waals surface area contributed by atoms with Crippen molar-refractivity contribution < 1.29 is 23.5 Å². The molecule has 1 fully saturated rings. The smallest absolute Gasteiger partial charge is 0.305 e. The molecule has 1 aromatic heterocycles. The van der Waals surface area contributed by atoms with E-state index < -0.39 is 28.8 Å². The van der Waals surface area contributed by atoms with Gasteiger partial charge in [0.2, 0.25) is 11.8 Å². The van der Waals surface area contributed by atoms with Crippen molar-refractivity contribution in [2.45, 2.75) is 16.2 Å². The number of hydrogen-bond donors (Lipinski definition) is 2. The Morgan fingerprint density at radius 3 is 2.52 bits per heavy atom. The molecule has 3 amide bonds. The number of para-hydroxylation sites is 1. The Balaban J connectivity index is 1.36. The molecule has 3 heterocycles. The fraction of sp³-hybridized carbons (Fsp3) is 0.143. The molecule has 0 radical (unpaired) electrons. The zero-order valence-corrected chi connectivity index (χ0v) is 23.6. The van der Waals surface area contributed by atoms with Gasteiger partial charge in [-0.25, -0.2) is 9.29 Å². The summed E-state index contributed by atoms with van der Waals surface area (Å²) in [7, 11) is 0. The number of thioether (sulfide) groups is 1. The molecule has 2 aliphatic rings. The Kier molecular flexibility index (Phi) is 7.07. The van der Waals surface area contributed by atoms with Crippen molar-refractivity contribution in [1.29, 1.82) is 0 Å². The van der Waals surface area contributed by atoms with Crippen LogP contribution in [0.25, 0.3) is 0 Å². The van der Waals surface area contributed by atoms with E-state index in [1.165, 1.54) is 40.9 Å².